The Bertz CT molecular complexity index is 1540. The number of hydrogen-bond acceptors (Lipinski definition) is 8. The number of rotatable bonds is 9. The molecule has 0 radical (unpaired) electrons. The van der Waals surface area contributed by atoms with E-state index >= 15 is 0 Å². The van der Waals surface area contributed by atoms with Gasteiger partial charge in [0.05, 0.1) is 24.6 Å². The molecule has 4 aromatic rings. The van der Waals surface area contributed by atoms with E-state index in [2.05, 4.69) is 47.7 Å². The molecular formula is C30H31N7O3. The van der Waals surface area contributed by atoms with Crippen molar-refractivity contribution < 1.29 is 14.3 Å². The van der Waals surface area contributed by atoms with Gasteiger partial charge in [-0.2, -0.15) is 0 Å². The molecule has 2 aliphatic rings. The number of aromatic nitrogens is 4. The average molecular weight is 538 g/mol. The molecule has 0 spiro atoms. The molecule has 0 saturated carbocycles. The van der Waals surface area contributed by atoms with Gasteiger partial charge < -0.3 is 24.8 Å². The maximum Gasteiger partial charge on any atom is 0.243 e. The highest BCUT2D eigenvalue weighted by Gasteiger charge is 2.28. The van der Waals surface area contributed by atoms with Crippen molar-refractivity contribution in [3.05, 3.63) is 78.9 Å². The van der Waals surface area contributed by atoms with Crippen LogP contribution in [-0.2, 0) is 27.2 Å². The topological polar surface area (TPSA) is 116 Å². The number of Topliss-reactive ketones (excluding diaryl/α,β-unsaturated/α-hetero) is 1. The summed E-state index contributed by atoms with van der Waals surface area (Å²) in [6.07, 6.45) is 5.22. The van der Waals surface area contributed by atoms with Crippen molar-refractivity contribution in [1.29, 1.82) is 0 Å². The van der Waals surface area contributed by atoms with Gasteiger partial charge in [0.2, 0.25) is 5.91 Å². The van der Waals surface area contributed by atoms with Crippen molar-refractivity contribution in [3.63, 3.8) is 0 Å². The smallest absolute Gasteiger partial charge is 0.243 e. The zero-order valence-corrected chi connectivity index (χ0v) is 22.2. The highest BCUT2D eigenvalue weighted by atomic mass is 16.5. The number of H-pyrrole nitrogens is 1. The van der Waals surface area contributed by atoms with Crippen LogP contribution in [0.3, 0.4) is 0 Å². The predicted molar refractivity (Wildman–Crippen MR) is 153 cm³/mol. The Morgan fingerprint density at radius 2 is 1.82 bits per heavy atom. The highest BCUT2D eigenvalue weighted by molar-refractivity contribution is 5.92. The van der Waals surface area contributed by atoms with E-state index in [9.17, 15) is 9.59 Å². The number of ether oxygens (including phenoxy) is 1. The Hall–Kier alpha value is -4.57. The number of hydrogen-bond donors (Lipinski definition) is 2. The minimum absolute atomic E-state index is 0.105. The molecule has 2 N–H and O–H groups in total. The van der Waals surface area contributed by atoms with E-state index in [1.165, 1.54) is 6.08 Å². The van der Waals surface area contributed by atoms with E-state index in [-0.39, 0.29) is 24.2 Å². The average Bonchev–Trinajstić information content (AvgIpc) is 3.40. The summed E-state index contributed by atoms with van der Waals surface area (Å²) in [5.74, 6) is 0.865. The Labute approximate surface area is 232 Å². The predicted octanol–water partition coefficient (Wildman–Crippen LogP) is 2.70. The second-order valence-corrected chi connectivity index (χ2v) is 10.2. The molecule has 0 unspecified atom stereocenters. The summed E-state index contributed by atoms with van der Waals surface area (Å²) in [6.45, 7) is 7.94. The van der Waals surface area contributed by atoms with Crippen LogP contribution in [0, 0.1) is 0 Å². The zero-order chi connectivity index (χ0) is 27.5. The van der Waals surface area contributed by atoms with Crippen molar-refractivity contribution in [2.45, 2.75) is 18.9 Å². The van der Waals surface area contributed by atoms with E-state index in [0.29, 0.717) is 19.6 Å². The fourth-order valence-electron chi connectivity index (χ4n) is 5.20. The van der Waals surface area contributed by atoms with Gasteiger partial charge in [0.1, 0.15) is 23.6 Å². The van der Waals surface area contributed by atoms with Gasteiger partial charge in [-0.1, -0.05) is 30.8 Å². The molecule has 2 aliphatic heterocycles. The number of nitrogens with zero attached hydrogens (tertiary/aromatic N) is 5. The summed E-state index contributed by atoms with van der Waals surface area (Å²) in [5, 5.41) is 3.88. The van der Waals surface area contributed by atoms with Crippen LogP contribution in [0.4, 0.5) is 11.5 Å². The van der Waals surface area contributed by atoms with Gasteiger partial charge in [-0.05, 0) is 35.4 Å². The molecule has 2 saturated heterocycles. The molecule has 6 rings (SSSR count). The minimum Gasteiger partial charge on any atom is -0.378 e. The Balaban J connectivity index is 1.07. The lowest BCUT2D eigenvalue weighted by molar-refractivity contribution is -0.118. The number of ketones is 1. The number of benzene rings is 1. The van der Waals surface area contributed by atoms with Crippen LogP contribution in [0.1, 0.15) is 11.3 Å². The number of pyridine rings is 1. The van der Waals surface area contributed by atoms with Gasteiger partial charge >= 0.3 is 0 Å². The van der Waals surface area contributed by atoms with E-state index in [1.54, 1.807) is 12.5 Å². The number of morpholine rings is 1. The molecule has 204 valence electrons. The first-order valence-corrected chi connectivity index (χ1v) is 13.5. The summed E-state index contributed by atoms with van der Waals surface area (Å²) in [6, 6.07) is 14.1. The number of anilines is 2. The van der Waals surface area contributed by atoms with Crippen molar-refractivity contribution >= 4 is 34.2 Å². The third kappa shape index (κ3) is 5.57. The van der Waals surface area contributed by atoms with Crippen LogP contribution in [-0.4, -0.2) is 77.1 Å². The molecular weight excluding hydrogens is 506 g/mol. The minimum atomic E-state index is -0.160. The second kappa shape index (κ2) is 11.3. The lowest BCUT2D eigenvalue weighted by atomic mass is 10.0. The summed E-state index contributed by atoms with van der Waals surface area (Å²) < 4.78 is 5.48. The van der Waals surface area contributed by atoms with E-state index < -0.39 is 0 Å². The number of fused-ring (bicyclic) bond motifs is 1. The molecule has 10 heteroatoms. The zero-order valence-electron chi connectivity index (χ0n) is 22.2. The van der Waals surface area contributed by atoms with Crippen LogP contribution in [0.15, 0.2) is 67.6 Å². The Morgan fingerprint density at radius 1 is 1.02 bits per heavy atom. The third-order valence-corrected chi connectivity index (χ3v) is 7.34. The number of amides is 1. The van der Waals surface area contributed by atoms with Crippen molar-refractivity contribution in [3.8, 4) is 11.3 Å². The van der Waals surface area contributed by atoms with Crippen LogP contribution < -0.4 is 15.1 Å². The summed E-state index contributed by atoms with van der Waals surface area (Å²) >= 11 is 0. The Kier molecular flexibility index (Phi) is 7.24. The van der Waals surface area contributed by atoms with Crippen molar-refractivity contribution in [1.82, 2.24) is 25.3 Å². The molecule has 2 fully saturated rings. The van der Waals surface area contributed by atoms with Gasteiger partial charge in [0.15, 0.2) is 0 Å². The van der Waals surface area contributed by atoms with Crippen LogP contribution in [0.25, 0.3) is 22.3 Å². The van der Waals surface area contributed by atoms with Gasteiger partial charge in [-0.3, -0.25) is 14.6 Å². The maximum atomic E-state index is 12.9. The van der Waals surface area contributed by atoms with Crippen LogP contribution in [0.2, 0.25) is 0 Å². The molecule has 0 bridgehead atoms. The summed E-state index contributed by atoms with van der Waals surface area (Å²) in [7, 11) is 0. The molecule has 40 heavy (non-hydrogen) atoms. The number of carbonyl (C=O) groups excluding carboxylic acids is 2. The van der Waals surface area contributed by atoms with Gasteiger partial charge in [0, 0.05) is 62.3 Å². The fourth-order valence-corrected chi connectivity index (χ4v) is 5.20. The molecule has 5 heterocycles. The molecule has 0 atom stereocenters. The number of aromatic amines is 1. The van der Waals surface area contributed by atoms with E-state index in [1.807, 2.05) is 36.4 Å². The van der Waals surface area contributed by atoms with Gasteiger partial charge in [-0.25, -0.2) is 9.97 Å². The molecule has 1 amide bonds. The second-order valence-electron chi connectivity index (χ2n) is 10.2. The van der Waals surface area contributed by atoms with Crippen molar-refractivity contribution in [2.24, 2.45) is 0 Å². The monoisotopic (exact) mass is 537 g/mol. The first-order chi connectivity index (χ1) is 19.6. The first-order valence-electron chi connectivity index (χ1n) is 13.5. The summed E-state index contributed by atoms with van der Waals surface area (Å²) in [4.78, 5) is 45.5. The van der Waals surface area contributed by atoms with Crippen molar-refractivity contribution in [2.75, 3.05) is 49.2 Å². The fraction of sp³-hybridized carbons (Fsp3) is 0.300. The summed E-state index contributed by atoms with van der Waals surface area (Å²) in [5.41, 5.74) is 5.49. The van der Waals surface area contributed by atoms with Gasteiger partial charge in [-0.15, -0.1) is 0 Å². The van der Waals surface area contributed by atoms with E-state index in [4.69, 9.17) is 4.74 Å². The quantitative estimate of drug-likeness (QED) is 0.313. The molecule has 1 aromatic carbocycles. The number of nitrogens with one attached hydrogen (secondary N) is 2. The highest BCUT2D eigenvalue weighted by Crippen LogP contribution is 2.29. The maximum absolute atomic E-state index is 12.9. The lowest BCUT2D eigenvalue weighted by Gasteiger charge is -2.41. The van der Waals surface area contributed by atoms with Gasteiger partial charge in [0.25, 0.3) is 0 Å². The molecule has 10 nitrogen and oxygen atoms in total. The largest absolute Gasteiger partial charge is 0.378 e. The first kappa shape index (κ1) is 25.7. The normalized spacial score (nSPS) is 15.6. The number of carbonyl (C=O) groups is 2. The van der Waals surface area contributed by atoms with E-state index in [0.717, 1.165) is 71.2 Å². The lowest BCUT2D eigenvalue weighted by Crippen LogP contribution is -2.59. The third-order valence-electron chi connectivity index (χ3n) is 7.34. The molecule has 3 aromatic heterocycles. The Morgan fingerprint density at radius 3 is 2.60 bits per heavy atom. The standard InChI is InChI=1S/C30H31N7O3/c1-2-28(39)34-23-17-37(18-23)24-7-8-31-22(14-24)15-25(38)13-20-3-5-21(6-4-20)27-16-26-29(35-27)32-19-33-30(26)36-9-11-40-12-10-36/h2-8,14,16,19,23H,1,9-13,15,17-18H2,(H,34,39)(H,32,33,35). The van der Waals surface area contributed by atoms with Crippen LogP contribution in [0.5, 0.6) is 0 Å². The van der Waals surface area contributed by atoms with Crippen LogP contribution >= 0.6 is 0 Å². The molecule has 0 aliphatic carbocycles. The SMILES string of the molecule is C=CC(=O)NC1CN(c2ccnc(CC(=O)Cc3ccc(-c4cc5c(N6CCOCC6)ncnc5[nH]4)cc3)c2)C1.